The monoisotopic (exact) mass is 381 g/mol. The Balaban J connectivity index is 1.68. The third-order valence-electron chi connectivity index (χ3n) is 4.41. The van der Waals surface area contributed by atoms with Crippen molar-refractivity contribution in [1.82, 2.24) is 4.90 Å². The van der Waals surface area contributed by atoms with Crippen LogP contribution in [-0.2, 0) is 17.7 Å². The van der Waals surface area contributed by atoms with Gasteiger partial charge in [-0.2, -0.15) is 0 Å². The molecular weight excluding hydrogens is 358 g/mol. The fourth-order valence-electron chi connectivity index (χ4n) is 2.94. The molecule has 0 aliphatic carbocycles. The van der Waals surface area contributed by atoms with Crippen molar-refractivity contribution in [2.24, 2.45) is 0 Å². The van der Waals surface area contributed by atoms with E-state index in [1.165, 1.54) is 7.11 Å². The lowest BCUT2D eigenvalue weighted by Crippen LogP contribution is -2.31. The summed E-state index contributed by atoms with van der Waals surface area (Å²) in [6, 6.07) is 14.4. The third-order valence-corrected chi connectivity index (χ3v) is 4.41. The lowest BCUT2D eigenvalue weighted by Gasteiger charge is -2.18. The number of ether oxygens (including phenoxy) is 1. The minimum atomic E-state index is -0.546. The highest BCUT2D eigenvalue weighted by Crippen LogP contribution is 2.27. The van der Waals surface area contributed by atoms with Crippen LogP contribution in [0.3, 0.4) is 0 Å². The molecule has 3 rings (SSSR count). The number of furan rings is 1. The largest absolute Gasteiger partial charge is 0.461 e. The highest BCUT2D eigenvalue weighted by Gasteiger charge is 2.17. The number of hydrogen-bond donors (Lipinski definition) is 2. The van der Waals surface area contributed by atoms with Crippen LogP contribution in [-0.4, -0.2) is 31.2 Å². The van der Waals surface area contributed by atoms with Crippen molar-refractivity contribution in [3.8, 4) is 0 Å². The number of aryl methyl sites for hydroxylation is 1. The Kier molecular flexibility index (Phi) is 5.84. The van der Waals surface area contributed by atoms with Crippen LogP contribution in [0.2, 0.25) is 0 Å². The van der Waals surface area contributed by atoms with E-state index < -0.39 is 6.09 Å². The number of urea groups is 1. The van der Waals surface area contributed by atoms with Gasteiger partial charge in [0.2, 0.25) is 0 Å². The molecule has 0 saturated carbocycles. The van der Waals surface area contributed by atoms with Crippen LogP contribution in [0.5, 0.6) is 0 Å². The fourth-order valence-corrected chi connectivity index (χ4v) is 2.94. The van der Waals surface area contributed by atoms with Crippen molar-refractivity contribution in [1.29, 1.82) is 0 Å². The van der Waals surface area contributed by atoms with Crippen molar-refractivity contribution in [2.45, 2.75) is 19.9 Å². The summed E-state index contributed by atoms with van der Waals surface area (Å²) in [7, 11) is 3.04. The summed E-state index contributed by atoms with van der Waals surface area (Å²) >= 11 is 0. The molecule has 2 aromatic carbocycles. The summed E-state index contributed by atoms with van der Waals surface area (Å²) in [4.78, 5) is 25.4. The van der Waals surface area contributed by atoms with E-state index in [4.69, 9.17) is 4.42 Å². The van der Waals surface area contributed by atoms with Gasteiger partial charge in [-0.15, -0.1) is 0 Å². The Morgan fingerprint density at radius 2 is 1.68 bits per heavy atom. The molecule has 3 aromatic rings. The molecule has 0 unspecified atom stereocenters. The van der Waals surface area contributed by atoms with E-state index in [1.54, 1.807) is 36.2 Å². The highest BCUT2D eigenvalue weighted by atomic mass is 16.5. The van der Waals surface area contributed by atoms with Crippen LogP contribution < -0.4 is 10.6 Å². The van der Waals surface area contributed by atoms with Gasteiger partial charge in [0, 0.05) is 35.8 Å². The first-order valence-corrected chi connectivity index (χ1v) is 8.98. The van der Waals surface area contributed by atoms with Crippen molar-refractivity contribution in [2.75, 3.05) is 24.8 Å². The summed E-state index contributed by atoms with van der Waals surface area (Å²) < 4.78 is 10.4. The van der Waals surface area contributed by atoms with E-state index in [9.17, 15) is 9.59 Å². The second-order valence-electron chi connectivity index (χ2n) is 6.33. The van der Waals surface area contributed by atoms with E-state index in [1.807, 2.05) is 31.2 Å². The molecule has 0 spiro atoms. The molecule has 1 aromatic heterocycles. The van der Waals surface area contributed by atoms with Crippen molar-refractivity contribution in [3.05, 3.63) is 59.9 Å². The number of para-hydroxylation sites is 1. The van der Waals surface area contributed by atoms with Gasteiger partial charge in [0.25, 0.3) is 0 Å². The molecule has 0 fully saturated rings. The molecule has 0 bridgehead atoms. The van der Waals surface area contributed by atoms with Gasteiger partial charge in [-0.3, -0.25) is 5.32 Å². The van der Waals surface area contributed by atoms with Crippen molar-refractivity contribution < 1.29 is 18.7 Å². The Morgan fingerprint density at radius 3 is 2.32 bits per heavy atom. The number of methoxy groups -OCH3 is 1. The summed E-state index contributed by atoms with van der Waals surface area (Å²) in [5.41, 5.74) is 3.06. The van der Waals surface area contributed by atoms with E-state index in [0.717, 1.165) is 28.7 Å². The zero-order valence-electron chi connectivity index (χ0n) is 16.1. The summed E-state index contributed by atoms with van der Waals surface area (Å²) in [5.74, 6) is 0.888. The molecule has 0 radical (unpaired) electrons. The number of nitrogens with zero attached hydrogens (tertiary/aromatic N) is 1. The lowest BCUT2D eigenvalue weighted by atomic mass is 10.1. The topological polar surface area (TPSA) is 83.8 Å². The predicted molar refractivity (Wildman–Crippen MR) is 109 cm³/mol. The van der Waals surface area contributed by atoms with Crippen LogP contribution >= 0.6 is 0 Å². The second-order valence-corrected chi connectivity index (χ2v) is 6.33. The van der Waals surface area contributed by atoms with Gasteiger partial charge in [0.15, 0.2) is 0 Å². The molecule has 146 valence electrons. The maximum absolute atomic E-state index is 12.6. The minimum absolute atomic E-state index is 0.235. The third kappa shape index (κ3) is 4.25. The van der Waals surface area contributed by atoms with Crippen LogP contribution in [0.25, 0.3) is 11.0 Å². The number of amides is 3. The van der Waals surface area contributed by atoms with Gasteiger partial charge < -0.3 is 19.4 Å². The number of benzene rings is 2. The van der Waals surface area contributed by atoms with Crippen molar-refractivity contribution >= 4 is 34.5 Å². The summed E-state index contributed by atoms with van der Waals surface area (Å²) in [6.45, 7) is 2.47. The second kappa shape index (κ2) is 8.47. The SMILES string of the molecule is CCc1oc2ccccc2c1CN(C)C(=O)Nc1ccc(NC(=O)OC)cc1. The molecule has 2 N–H and O–H groups in total. The van der Waals surface area contributed by atoms with E-state index >= 15 is 0 Å². The molecule has 0 aliphatic heterocycles. The Morgan fingerprint density at radius 1 is 1.04 bits per heavy atom. The number of rotatable bonds is 5. The number of anilines is 2. The van der Waals surface area contributed by atoms with Gasteiger partial charge in [0.05, 0.1) is 13.7 Å². The van der Waals surface area contributed by atoms with Crippen LogP contribution in [0, 0.1) is 0 Å². The molecular formula is C21H23N3O4. The molecule has 0 aliphatic rings. The number of hydrogen-bond acceptors (Lipinski definition) is 4. The normalized spacial score (nSPS) is 10.5. The predicted octanol–water partition coefficient (Wildman–Crippen LogP) is 4.84. The molecule has 7 nitrogen and oxygen atoms in total. The van der Waals surface area contributed by atoms with Crippen LogP contribution in [0.1, 0.15) is 18.2 Å². The molecule has 0 saturated heterocycles. The first-order valence-electron chi connectivity index (χ1n) is 8.98. The smallest absolute Gasteiger partial charge is 0.411 e. The van der Waals surface area contributed by atoms with Crippen molar-refractivity contribution in [3.63, 3.8) is 0 Å². The summed E-state index contributed by atoms with van der Waals surface area (Å²) in [5, 5.41) is 6.43. The van der Waals surface area contributed by atoms with Gasteiger partial charge >= 0.3 is 12.1 Å². The Bertz CT molecular complexity index is 979. The molecule has 28 heavy (non-hydrogen) atoms. The van der Waals surface area contributed by atoms with Crippen LogP contribution in [0.4, 0.5) is 21.0 Å². The molecule has 7 heteroatoms. The first-order chi connectivity index (χ1) is 13.5. The van der Waals surface area contributed by atoms with Gasteiger partial charge in [-0.1, -0.05) is 25.1 Å². The van der Waals surface area contributed by atoms with Gasteiger partial charge in [0.1, 0.15) is 11.3 Å². The van der Waals surface area contributed by atoms with Crippen LogP contribution in [0.15, 0.2) is 52.9 Å². The quantitative estimate of drug-likeness (QED) is 0.662. The summed E-state index contributed by atoms with van der Waals surface area (Å²) in [6.07, 6.45) is 0.212. The van der Waals surface area contributed by atoms with Gasteiger partial charge in [-0.25, -0.2) is 9.59 Å². The minimum Gasteiger partial charge on any atom is -0.461 e. The van der Waals surface area contributed by atoms with Gasteiger partial charge in [-0.05, 0) is 30.3 Å². The molecule has 1 heterocycles. The standard InChI is InChI=1S/C21H23N3O4/c1-4-18-17(16-7-5-6-8-19(16)28-18)13-24(2)20(25)22-14-9-11-15(12-10-14)23-21(26)27-3/h5-12H,4,13H2,1-3H3,(H,22,25)(H,23,26). The van der Waals surface area contributed by atoms with E-state index in [2.05, 4.69) is 15.4 Å². The van der Waals surface area contributed by atoms with E-state index in [0.29, 0.717) is 17.9 Å². The fraction of sp³-hybridized carbons (Fsp3) is 0.238. The average Bonchev–Trinajstić information content (AvgIpc) is 3.07. The molecule has 3 amide bonds. The Hall–Kier alpha value is -3.48. The number of carbonyl (C=O) groups excluding carboxylic acids is 2. The average molecular weight is 381 g/mol. The number of carbonyl (C=O) groups is 2. The number of nitrogens with one attached hydrogen (secondary N) is 2. The first kappa shape index (κ1) is 19.3. The van der Waals surface area contributed by atoms with E-state index in [-0.39, 0.29) is 6.03 Å². The zero-order chi connectivity index (χ0) is 20.1. The Labute approximate surface area is 163 Å². The molecule has 0 atom stereocenters. The highest BCUT2D eigenvalue weighted by molar-refractivity contribution is 5.91. The number of fused-ring (bicyclic) bond motifs is 1. The maximum Gasteiger partial charge on any atom is 0.411 e. The zero-order valence-corrected chi connectivity index (χ0v) is 16.1. The lowest BCUT2D eigenvalue weighted by molar-refractivity contribution is 0.187. The maximum atomic E-state index is 12.6.